The molecule has 2 N–H and O–H groups in total. The van der Waals surface area contributed by atoms with E-state index < -0.39 is 10.0 Å². The minimum Gasteiger partial charge on any atom is -0.315 e. The topological polar surface area (TPSA) is 58.2 Å². The Labute approximate surface area is 117 Å². The monoisotopic (exact) mass is 308 g/mol. The molecule has 1 aliphatic rings. The molecular formula is C11H14Cl2N2O2S. The molecule has 1 fully saturated rings. The van der Waals surface area contributed by atoms with Gasteiger partial charge < -0.3 is 5.32 Å². The Morgan fingerprint density at radius 2 is 2.11 bits per heavy atom. The molecule has 0 amide bonds. The zero-order chi connectivity index (χ0) is 13.2. The molecule has 7 heteroatoms. The molecule has 1 aromatic carbocycles. The molecule has 0 radical (unpaired) electrons. The van der Waals surface area contributed by atoms with Gasteiger partial charge in [0.25, 0.3) is 0 Å². The van der Waals surface area contributed by atoms with Gasteiger partial charge in [-0.15, -0.1) is 0 Å². The van der Waals surface area contributed by atoms with Crippen LogP contribution in [-0.4, -0.2) is 27.5 Å². The van der Waals surface area contributed by atoms with Gasteiger partial charge in [0.1, 0.15) is 4.90 Å². The number of benzene rings is 1. The maximum Gasteiger partial charge on any atom is 0.242 e. The molecule has 0 unspecified atom stereocenters. The Bertz CT molecular complexity index is 528. The van der Waals surface area contributed by atoms with Crippen LogP contribution in [0.3, 0.4) is 0 Å². The van der Waals surface area contributed by atoms with Crippen molar-refractivity contribution in [2.45, 2.75) is 23.8 Å². The van der Waals surface area contributed by atoms with E-state index in [9.17, 15) is 8.42 Å². The summed E-state index contributed by atoms with van der Waals surface area (Å²) in [5.74, 6) is 0. The van der Waals surface area contributed by atoms with Gasteiger partial charge in [-0.2, -0.15) is 0 Å². The number of piperidine rings is 1. The molecule has 4 nitrogen and oxygen atoms in total. The van der Waals surface area contributed by atoms with Crippen molar-refractivity contribution in [3.63, 3.8) is 0 Å². The van der Waals surface area contributed by atoms with Gasteiger partial charge in [-0.3, -0.25) is 0 Å². The normalized spacial score (nSPS) is 20.9. The van der Waals surface area contributed by atoms with Gasteiger partial charge >= 0.3 is 0 Å². The molecule has 100 valence electrons. The lowest BCUT2D eigenvalue weighted by Crippen LogP contribution is -2.45. The number of nitrogens with one attached hydrogen (secondary N) is 2. The van der Waals surface area contributed by atoms with Gasteiger partial charge in [0.05, 0.1) is 5.02 Å². The van der Waals surface area contributed by atoms with Crippen molar-refractivity contribution in [3.05, 3.63) is 28.2 Å². The van der Waals surface area contributed by atoms with Crippen molar-refractivity contribution in [1.82, 2.24) is 10.0 Å². The second-order valence-electron chi connectivity index (χ2n) is 4.24. The maximum absolute atomic E-state index is 12.2. The van der Waals surface area contributed by atoms with E-state index in [-0.39, 0.29) is 16.0 Å². The van der Waals surface area contributed by atoms with Crippen molar-refractivity contribution in [3.8, 4) is 0 Å². The van der Waals surface area contributed by atoms with Crippen LogP contribution in [0.4, 0.5) is 0 Å². The standard InChI is InChI=1S/C11H14Cl2N2O2S/c12-8-3-4-10(13)11(6-8)18(16,17)15-9-2-1-5-14-7-9/h3-4,6,9,14-15H,1-2,5,7H2/t9-/m0/s1. The Morgan fingerprint density at radius 1 is 1.33 bits per heavy atom. The average Bonchev–Trinajstić information content (AvgIpc) is 2.33. The van der Waals surface area contributed by atoms with E-state index in [4.69, 9.17) is 23.2 Å². The van der Waals surface area contributed by atoms with E-state index in [1.165, 1.54) is 12.1 Å². The van der Waals surface area contributed by atoms with Crippen molar-refractivity contribution < 1.29 is 8.42 Å². The predicted octanol–water partition coefficient (Wildman–Crippen LogP) is 2.02. The largest absolute Gasteiger partial charge is 0.315 e. The molecule has 1 atom stereocenters. The second-order valence-corrected chi connectivity index (χ2v) is 6.77. The van der Waals surface area contributed by atoms with Crippen LogP contribution in [0.25, 0.3) is 0 Å². The SMILES string of the molecule is O=S(=O)(N[C@H]1CCCNC1)c1cc(Cl)ccc1Cl. The summed E-state index contributed by atoms with van der Waals surface area (Å²) in [7, 11) is -3.62. The van der Waals surface area contributed by atoms with Gasteiger partial charge in [0, 0.05) is 17.6 Å². The van der Waals surface area contributed by atoms with E-state index >= 15 is 0 Å². The predicted molar refractivity (Wildman–Crippen MR) is 72.7 cm³/mol. The smallest absolute Gasteiger partial charge is 0.242 e. The highest BCUT2D eigenvalue weighted by atomic mass is 35.5. The number of hydrogen-bond acceptors (Lipinski definition) is 3. The summed E-state index contributed by atoms with van der Waals surface area (Å²) in [5.41, 5.74) is 0. The molecular weight excluding hydrogens is 295 g/mol. The fourth-order valence-electron chi connectivity index (χ4n) is 1.92. The highest BCUT2D eigenvalue weighted by Crippen LogP contribution is 2.25. The summed E-state index contributed by atoms with van der Waals surface area (Å²) < 4.78 is 27.0. The zero-order valence-electron chi connectivity index (χ0n) is 9.62. The summed E-state index contributed by atoms with van der Waals surface area (Å²) in [4.78, 5) is 0.0299. The quantitative estimate of drug-likeness (QED) is 0.898. The summed E-state index contributed by atoms with van der Waals surface area (Å²) >= 11 is 11.7. The third-order valence-corrected chi connectivity index (χ3v) is 5.04. The Hall–Kier alpha value is -0.330. The van der Waals surface area contributed by atoms with Crippen LogP contribution in [0.15, 0.2) is 23.1 Å². The van der Waals surface area contributed by atoms with E-state index in [0.717, 1.165) is 19.4 Å². The molecule has 0 saturated carbocycles. The van der Waals surface area contributed by atoms with Crippen molar-refractivity contribution >= 4 is 33.2 Å². The lowest BCUT2D eigenvalue weighted by Gasteiger charge is -2.23. The fraction of sp³-hybridized carbons (Fsp3) is 0.455. The van der Waals surface area contributed by atoms with Gasteiger partial charge in [-0.1, -0.05) is 23.2 Å². The highest BCUT2D eigenvalue weighted by molar-refractivity contribution is 7.89. The number of halogens is 2. The molecule has 1 saturated heterocycles. The van der Waals surface area contributed by atoms with Crippen molar-refractivity contribution in [2.24, 2.45) is 0 Å². The first-order valence-electron chi connectivity index (χ1n) is 5.67. The first kappa shape index (κ1) is 14.1. The second kappa shape index (κ2) is 5.75. The molecule has 18 heavy (non-hydrogen) atoms. The van der Waals surface area contributed by atoms with Gasteiger partial charge in [0.15, 0.2) is 0 Å². The third-order valence-electron chi connectivity index (χ3n) is 2.80. The van der Waals surface area contributed by atoms with E-state index in [0.29, 0.717) is 11.6 Å². The van der Waals surface area contributed by atoms with Crippen LogP contribution >= 0.6 is 23.2 Å². The summed E-state index contributed by atoms with van der Waals surface area (Å²) in [6.07, 6.45) is 1.78. The molecule has 0 aromatic heterocycles. The molecule has 2 rings (SSSR count). The molecule has 1 aromatic rings. The maximum atomic E-state index is 12.2. The molecule has 1 aliphatic heterocycles. The van der Waals surface area contributed by atoms with Crippen molar-refractivity contribution in [1.29, 1.82) is 0 Å². The van der Waals surface area contributed by atoms with Gasteiger partial charge in [0.2, 0.25) is 10.0 Å². The lowest BCUT2D eigenvalue weighted by atomic mass is 10.1. The molecule has 0 spiro atoms. The van der Waals surface area contributed by atoms with Crippen LogP contribution in [0, 0.1) is 0 Å². The highest BCUT2D eigenvalue weighted by Gasteiger charge is 2.23. The van der Waals surface area contributed by atoms with E-state index in [2.05, 4.69) is 10.0 Å². The van der Waals surface area contributed by atoms with Crippen LogP contribution in [0.5, 0.6) is 0 Å². The summed E-state index contributed by atoms with van der Waals surface area (Å²) in [5, 5.41) is 3.67. The Morgan fingerprint density at radius 3 is 2.78 bits per heavy atom. The van der Waals surface area contributed by atoms with E-state index in [1.807, 2.05) is 0 Å². The van der Waals surface area contributed by atoms with Gasteiger partial charge in [-0.05, 0) is 37.6 Å². The molecule has 1 heterocycles. The average molecular weight is 309 g/mol. The van der Waals surface area contributed by atoms with Crippen LogP contribution in [0.2, 0.25) is 10.0 Å². The number of sulfonamides is 1. The first-order valence-corrected chi connectivity index (χ1v) is 7.91. The van der Waals surface area contributed by atoms with Crippen LogP contribution < -0.4 is 10.0 Å². The zero-order valence-corrected chi connectivity index (χ0v) is 11.9. The molecule has 0 aliphatic carbocycles. The first-order chi connectivity index (χ1) is 8.49. The van der Waals surface area contributed by atoms with Gasteiger partial charge in [-0.25, -0.2) is 13.1 Å². The minimum absolute atomic E-state index is 0.0299. The fourth-order valence-corrected chi connectivity index (χ4v) is 3.95. The Kier molecular flexibility index (Phi) is 4.50. The van der Waals surface area contributed by atoms with E-state index in [1.54, 1.807) is 6.07 Å². The van der Waals surface area contributed by atoms with Crippen LogP contribution in [0.1, 0.15) is 12.8 Å². The summed E-state index contributed by atoms with van der Waals surface area (Å²) in [6, 6.07) is 4.31. The lowest BCUT2D eigenvalue weighted by molar-refractivity contribution is 0.428. The third kappa shape index (κ3) is 3.36. The van der Waals surface area contributed by atoms with Crippen molar-refractivity contribution in [2.75, 3.05) is 13.1 Å². The number of rotatable bonds is 3. The summed E-state index contributed by atoms with van der Waals surface area (Å²) in [6.45, 7) is 1.56. The Balaban J connectivity index is 2.21. The minimum atomic E-state index is -3.62. The molecule has 0 bridgehead atoms. The number of hydrogen-bond donors (Lipinski definition) is 2. The van der Waals surface area contributed by atoms with Crippen LogP contribution in [-0.2, 0) is 10.0 Å².